The summed E-state index contributed by atoms with van der Waals surface area (Å²) in [7, 11) is 1.70. The van der Waals surface area contributed by atoms with Crippen LogP contribution in [0.3, 0.4) is 0 Å². The van der Waals surface area contributed by atoms with Crippen LogP contribution in [0.5, 0.6) is 0 Å². The number of pyridine rings is 1. The van der Waals surface area contributed by atoms with Gasteiger partial charge in [0.15, 0.2) is 0 Å². The molecule has 1 fully saturated rings. The summed E-state index contributed by atoms with van der Waals surface area (Å²) in [5.41, 5.74) is 0.0600. The third kappa shape index (κ3) is 2.83. The molecule has 0 unspecified atom stereocenters. The van der Waals surface area contributed by atoms with Crippen LogP contribution in [0, 0.1) is 10.1 Å². The summed E-state index contributed by atoms with van der Waals surface area (Å²) < 4.78 is 0. The van der Waals surface area contributed by atoms with Crippen LogP contribution in [-0.2, 0) is 0 Å². The Hall–Kier alpha value is -1.85. The predicted octanol–water partition coefficient (Wildman–Crippen LogP) is 2.39. The van der Waals surface area contributed by atoms with E-state index in [1.807, 2.05) is 0 Å². The summed E-state index contributed by atoms with van der Waals surface area (Å²) in [6.07, 6.45) is 4.65. The molecule has 0 radical (unpaired) electrons. The van der Waals surface area contributed by atoms with Gasteiger partial charge in [-0.05, 0) is 12.8 Å². The molecule has 0 bridgehead atoms. The maximum Gasteiger partial charge on any atom is 0.276 e. The summed E-state index contributed by atoms with van der Waals surface area (Å²) in [6.45, 7) is 0. The monoisotopic (exact) mass is 236 g/mol. The van der Waals surface area contributed by atoms with Gasteiger partial charge >= 0.3 is 0 Å². The molecule has 0 aromatic carbocycles. The van der Waals surface area contributed by atoms with Gasteiger partial charge in [0.2, 0.25) is 0 Å². The summed E-state index contributed by atoms with van der Waals surface area (Å²) in [5.74, 6) is 1.09. The van der Waals surface area contributed by atoms with Crippen molar-refractivity contribution in [2.45, 2.75) is 31.7 Å². The third-order valence-corrected chi connectivity index (χ3v) is 2.98. The second kappa shape index (κ2) is 4.99. The molecule has 92 valence electrons. The van der Waals surface area contributed by atoms with E-state index in [1.165, 1.54) is 25.0 Å². The predicted molar refractivity (Wildman–Crippen MR) is 66.3 cm³/mol. The van der Waals surface area contributed by atoms with Crippen molar-refractivity contribution >= 4 is 17.3 Å². The van der Waals surface area contributed by atoms with E-state index < -0.39 is 4.92 Å². The van der Waals surface area contributed by atoms with E-state index >= 15 is 0 Å². The van der Waals surface area contributed by atoms with Crippen LogP contribution in [0.2, 0.25) is 0 Å². The summed E-state index contributed by atoms with van der Waals surface area (Å²) >= 11 is 0. The molecule has 6 heteroatoms. The van der Waals surface area contributed by atoms with Gasteiger partial charge in [-0.25, -0.2) is 4.98 Å². The molecule has 1 aromatic rings. The molecule has 17 heavy (non-hydrogen) atoms. The topological polar surface area (TPSA) is 80.1 Å². The van der Waals surface area contributed by atoms with Crippen molar-refractivity contribution in [3.8, 4) is 0 Å². The number of hydrogen-bond donors (Lipinski definition) is 2. The zero-order valence-corrected chi connectivity index (χ0v) is 9.77. The van der Waals surface area contributed by atoms with Gasteiger partial charge in [-0.1, -0.05) is 12.8 Å². The first-order chi connectivity index (χ1) is 8.19. The quantitative estimate of drug-likeness (QED) is 0.619. The Morgan fingerprint density at radius 3 is 2.59 bits per heavy atom. The molecule has 0 amide bonds. The van der Waals surface area contributed by atoms with E-state index in [9.17, 15) is 10.1 Å². The van der Waals surface area contributed by atoms with Crippen molar-refractivity contribution in [2.24, 2.45) is 0 Å². The average molecular weight is 236 g/mol. The van der Waals surface area contributed by atoms with E-state index in [1.54, 1.807) is 7.05 Å². The van der Waals surface area contributed by atoms with Gasteiger partial charge < -0.3 is 10.6 Å². The average Bonchev–Trinajstić information content (AvgIpc) is 2.81. The first kappa shape index (κ1) is 11.6. The molecule has 1 heterocycles. The van der Waals surface area contributed by atoms with Crippen LogP contribution in [0.15, 0.2) is 12.1 Å². The van der Waals surface area contributed by atoms with Crippen molar-refractivity contribution in [1.82, 2.24) is 4.98 Å². The van der Waals surface area contributed by atoms with Crippen LogP contribution >= 0.6 is 0 Å². The maximum atomic E-state index is 10.8. The van der Waals surface area contributed by atoms with E-state index in [0.717, 1.165) is 12.8 Å². The molecule has 2 rings (SSSR count). The van der Waals surface area contributed by atoms with Gasteiger partial charge in [-0.15, -0.1) is 0 Å². The molecule has 6 nitrogen and oxygen atoms in total. The Morgan fingerprint density at radius 2 is 2.00 bits per heavy atom. The van der Waals surface area contributed by atoms with E-state index in [2.05, 4.69) is 15.6 Å². The van der Waals surface area contributed by atoms with Crippen molar-refractivity contribution in [3.63, 3.8) is 0 Å². The summed E-state index contributed by atoms with van der Waals surface area (Å²) in [5, 5.41) is 16.9. The van der Waals surface area contributed by atoms with Gasteiger partial charge in [0.25, 0.3) is 5.69 Å². The fourth-order valence-corrected chi connectivity index (χ4v) is 2.10. The number of nitro groups is 1. The second-order valence-electron chi connectivity index (χ2n) is 4.23. The molecule has 1 aliphatic rings. The highest BCUT2D eigenvalue weighted by Gasteiger charge is 2.17. The molecule has 2 N–H and O–H groups in total. The minimum atomic E-state index is -0.400. The van der Waals surface area contributed by atoms with Gasteiger partial charge in [0.1, 0.15) is 11.6 Å². The van der Waals surface area contributed by atoms with Crippen molar-refractivity contribution in [1.29, 1.82) is 0 Å². The van der Waals surface area contributed by atoms with E-state index in [4.69, 9.17) is 0 Å². The molecule has 0 saturated heterocycles. The SMILES string of the molecule is CNc1cc([N+](=O)[O-])cc(NC2CCCC2)n1. The summed E-state index contributed by atoms with van der Waals surface area (Å²) in [4.78, 5) is 14.7. The number of aromatic nitrogens is 1. The van der Waals surface area contributed by atoms with Gasteiger partial charge in [-0.3, -0.25) is 10.1 Å². The highest BCUT2D eigenvalue weighted by Crippen LogP contribution is 2.25. The van der Waals surface area contributed by atoms with Gasteiger partial charge in [0, 0.05) is 13.1 Å². The Bertz CT molecular complexity index is 416. The molecule has 0 spiro atoms. The van der Waals surface area contributed by atoms with E-state index in [-0.39, 0.29) is 5.69 Å². The van der Waals surface area contributed by atoms with Crippen molar-refractivity contribution in [2.75, 3.05) is 17.7 Å². The zero-order chi connectivity index (χ0) is 12.3. The minimum Gasteiger partial charge on any atom is -0.373 e. The minimum absolute atomic E-state index is 0.0600. The second-order valence-corrected chi connectivity index (χ2v) is 4.23. The highest BCUT2D eigenvalue weighted by atomic mass is 16.6. The lowest BCUT2D eigenvalue weighted by Gasteiger charge is -2.13. The van der Waals surface area contributed by atoms with Crippen LogP contribution in [0.4, 0.5) is 17.3 Å². The Kier molecular flexibility index (Phi) is 3.41. The number of rotatable bonds is 4. The highest BCUT2D eigenvalue weighted by molar-refractivity contribution is 5.54. The first-order valence-electron chi connectivity index (χ1n) is 5.80. The van der Waals surface area contributed by atoms with Crippen LogP contribution in [0.25, 0.3) is 0 Å². The number of nitrogens with one attached hydrogen (secondary N) is 2. The molecule has 1 aromatic heterocycles. The lowest BCUT2D eigenvalue weighted by Crippen LogP contribution is -2.16. The lowest BCUT2D eigenvalue weighted by atomic mass is 10.2. The van der Waals surface area contributed by atoms with Crippen molar-refractivity contribution < 1.29 is 4.92 Å². The molecule has 0 aliphatic heterocycles. The first-order valence-corrected chi connectivity index (χ1v) is 5.80. The number of hydrogen-bond acceptors (Lipinski definition) is 5. The van der Waals surface area contributed by atoms with Gasteiger partial charge in [-0.2, -0.15) is 0 Å². The standard InChI is InChI=1S/C11H16N4O2/c1-12-10-6-9(15(16)17)7-11(14-10)13-8-4-2-3-5-8/h6-8H,2-5H2,1H3,(H2,12,13,14). The normalized spacial score (nSPS) is 15.8. The van der Waals surface area contributed by atoms with E-state index in [0.29, 0.717) is 17.7 Å². The number of nitrogens with zero attached hydrogens (tertiary/aromatic N) is 2. The van der Waals surface area contributed by atoms with Crippen molar-refractivity contribution in [3.05, 3.63) is 22.2 Å². The Labute approximate surface area is 99.6 Å². The molecule has 0 atom stereocenters. The molecule has 1 saturated carbocycles. The largest absolute Gasteiger partial charge is 0.373 e. The summed E-state index contributed by atoms with van der Waals surface area (Å²) in [6, 6.07) is 3.31. The van der Waals surface area contributed by atoms with Crippen LogP contribution in [0.1, 0.15) is 25.7 Å². The molecular formula is C11H16N4O2. The Balaban J connectivity index is 2.19. The lowest BCUT2D eigenvalue weighted by molar-refractivity contribution is -0.384. The Morgan fingerprint density at radius 1 is 1.35 bits per heavy atom. The third-order valence-electron chi connectivity index (χ3n) is 2.98. The maximum absolute atomic E-state index is 10.8. The fourth-order valence-electron chi connectivity index (χ4n) is 2.10. The fraction of sp³-hybridized carbons (Fsp3) is 0.545. The molecule has 1 aliphatic carbocycles. The van der Waals surface area contributed by atoms with Gasteiger partial charge in [0.05, 0.1) is 17.1 Å². The smallest absolute Gasteiger partial charge is 0.276 e. The zero-order valence-electron chi connectivity index (χ0n) is 9.77. The van der Waals surface area contributed by atoms with Crippen LogP contribution < -0.4 is 10.6 Å². The number of anilines is 2. The van der Waals surface area contributed by atoms with Crippen LogP contribution in [-0.4, -0.2) is 23.0 Å². The molecular weight excluding hydrogens is 220 g/mol.